The van der Waals surface area contributed by atoms with E-state index in [4.69, 9.17) is 14.2 Å². The van der Waals surface area contributed by atoms with Gasteiger partial charge in [0.25, 0.3) is 0 Å². The van der Waals surface area contributed by atoms with E-state index in [0.29, 0.717) is 16.9 Å². The largest absolute Gasteiger partial charge is 0.465 e. The van der Waals surface area contributed by atoms with Crippen LogP contribution in [0.4, 0.5) is 15.3 Å². The Morgan fingerprint density at radius 3 is 2.24 bits per heavy atom. The number of amides is 2. The molecule has 0 aliphatic rings. The van der Waals surface area contributed by atoms with E-state index < -0.39 is 23.8 Å². The molecule has 3 rings (SSSR count). The first kappa shape index (κ1) is 27.1. The summed E-state index contributed by atoms with van der Waals surface area (Å²) >= 11 is 0. The average molecular weight is 504 g/mol. The van der Waals surface area contributed by atoms with Gasteiger partial charge in [0.05, 0.1) is 24.7 Å². The van der Waals surface area contributed by atoms with Crippen LogP contribution in [0.5, 0.6) is 0 Å². The lowest BCUT2D eigenvalue weighted by molar-refractivity contribution is -0.132. The van der Waals surface area contributed by atoms with Crippen molar-refractivity contribution in [1.82, 2.24) is 4.98 Å². The number of nitrogens with zero attached hydrogens (tertiary/aromatic N) is 2. The number of ether oxygens (including phenoxy) is 3. The molecule has 0 bridgehead atoms. The van der Waals surface area contributed by atoms with Crippen molar-refractivity contribution in [3.05, 3.63) is 84.1 Å². The predicted molar refractivity (Wildman–Crippen MR) is 139 cm³/mol. The number of esters is 1. The SMILES string of the molecule is COC(=O)C(Cc1cc(-c2ccccc2)ncc1NC(=O)OC(C)(C)C)=NC(=O)OCc1ccccc1. The third-order valence-corrected chi connectivity index (χ3v) is 4.91. The van der Waals surface area contributed by atoms with Gasteiger partial charge in [0, 0.05) is 12.0 Å². The fourth-order valence-corrected chi connectivity index (χ4v) is 3.25. The summed E-state index contributed by atoms with van der Waals surface area (Å²) in [5.74, 6) is -0.807. The normalized spacial score (nSPS) is 11.4. The zero-order valence-corrected chi connectivity index (χ0v) is 21.2. The lowest BCUT2D eigenvalue weighted by Crippen LogP contribution is -2.28. The van der Waals surface area contributed by atoms with Crippen LogP contribution >= 0.6 is 0 Å². The first-order chi connectivity index (χ1) is 17.6. The number of aromatic nitrogens is 1. The summed E-state index contributed by atoms with van der Waals surface area (Å²) in [6.07, 6.45) is -0.310. The highest BCUT2D eigenvalue weighted by Gasteiger charge is 2.21. The van der Waals surface area contributed by atoms with Crippen LogP contribution in [-0.2, 0) is 32.0 Å². The minimum absolute atomic E-state index is 0.00348. The number of hydrogen-bond acceptors (Lipinski definition) is 7. The van der Waals surface area contributed by atoms with Crippen LogP contribution < -0.4 is 5.32 Å². The molecule has 0 fully saturated rings. The second kappa shape index (κ2) is 12.4. The molecule has 0 unspecified atom stereocenters. The van der Waals surface area contributed by atoms with Crippen molar-refractivity contribution >= 4 is 29.6 Å². The summed E-state index contributed by atoms with van der Waals surface area (Å²) in [4.78, 5) is 45.7. The molecule has 1 aromatic heterocycles. The van der Waals surface area contributed by atoms with Crippen LogP contribution in [-0.4, -0.2) is 41.6 Å². The Morgan fingerprint density at radius 2 is 1.62 bits per heavy atom. The van der Waals surface area contributed by atoms with E-state index in [1.807, 2.05) is 48.5 Å². The Kier molecular flexibility index (Phi) is 9.10. The molecule has 0 spiro atoms. The van der Waals surface area contributed by atoms with Crippen molar-refractivity contribution in [1.29, 1.82) is 0 Å². The molecule has 1 N–H and O–H groups in total. The van der Waals surface area contributed by atoms with Crippen molar-refractivity contribution in [3.8, 4) is 11.3 Å². The minimum atomic E-state index is -0.941. The van der Waals surface area contributed by atoms with Gasteiger partial charge in [-0.05, 0) is 38.0 Å². The number of nitrogens with one attached hydrogen (secondary N) is 1. The van der Waals surface area contributed by atoms with Gasteiger partial charge in [0.2, 0.25) is 0 Å². The molecule has 2 aromatic carbocycles. The molecule has 0 radical (unpaired) electrons. The predicted octanol–water partition coefficient (Wildman–Crippen LogP) is 5.59. The Balaban J connectivity index is 1.91. The van der Waals surface area contributed by atoms with Gasteiger partial charge in [-0.2, -0.15) is 4.99 Å². The molecule has 1 heterocycles. The molecule has 0 saturated heterocycles. The van der Waals surface area contributed by atoms with Crippen molar-refractivity contribution < 1.29 is 28.6 Å². The lowest BCUT2D eigenvalue weighted by atomic mass is 10.0. The highest BCUT2D eigenvalue weighted by Crippen LogP contribution is 2.24. The molecule has 192 valence electrons. The van der Waals surface area contributed by atoms with Crippen molar-refractivity contribution in [2.24, 2.45) is 4.99 Å². The average Bonchev–Trinajstić information content (AvgIpc) is 2.87. The molecule has 3 aromatic rings. The molecule has 0 atom stereocenters. The second-order valence-corrected chi connectivity index (χ2v) is 8.99. The molecule has 9 nitrogen and oxygen atoms in total. The Hall–Kier alpha value is -4.53. The maximum atomic E-state index is 12.5. The number of benzene rings is 2. The monoisotopic (exact) mass is 503 g/mol. The Morgan fingerprint density at radius 1 is 0.973 bits per heavy atom. The number of carbonyl (C=O) groups excluding carboxylic acids is 3. The zero-order valence-electron chi connectivity index (χ0n) is 21.2. The lowest BCUT2D eigenvalue weighted by Gasteiger charge is -2.20. The van der Waals surface area contributed by atoms with Gasteiger partial charge in [-0.15, -0.1) is 0 Å². The standard InChI is InChI=1S/C28H29N3O6/c1-28(2,3)37-27(34)31-24-17-29-22(20-13-9-6-10-14-20)15-21(24)16-23(25(32)35-4)30-26(33)36-18-19-11-7-5-8-12-19/h5-15,17H,16,18H2,1-4H3,(H,31,34). The van der Waals surface area contributed by atoms with Crippen LogP contribution in [0, 0.1) is 0 Å². The van der Waals surface area contributed by atoms with Gasteiger partial charge < -0.3 is 14.2 Å². The highest BCUT2D eigenvalue weighted by molar-refractivity contribution is 6.38. The smallest absolute Gasteiger partial charge is 0.434 e. The fourth-order valence-electron chi connectivity index (χ4n) is 3.25. The van der Waals surface area contributed by atoms with Crippen LogP contribution in [0.3, 0.4) is 0 Å². The van der Waals surface area contributed by atoms with Gasteiger partial charge in [-0.3, -0.25) is 10.3 Å². The molecule has 0 saturated carbocycles. The topological polar surface area (TPSA) is 116 Å². The van der Waals surface area contributed by atoms with Crippen LogP contribution in [0.15, 0.2) is 77.9 Å². The zero-order chi connectivity index (χ0) is 26.8. The van der Waals surface area contributed by atoms with E-state index in [9.17, 15) is 14.4 Å². The maximum Gasteiger partial charge on any atom is 0.434 e. The highest BCUT2D eigenvalue weighted by atomic mass is 16.6. The van der Waals surface area contributed by atoms with Crippen molar-refractivity contribution in [2.45, 2.75) is 39.4 Å². The van der Waals surface area contributed by atoms with Gasteiger partial charge in [0.15, 0.2) is 0 Å². The van der Waals surface area contributed by atoms with E-state index in [1.54, 1.807) is 39.0 Å². The summed E-state index contributed by atoms with van der Waals surface area (Å²) in [5.41, 5.74) is 2.05. The van der Waals surface area contributed by atoms with Crippen molar-refractivity contribution in [3.63, 3.8) is 0 Å². The quantitative estimate of drug-likeness (QED) is 0.254. The summed E-state index contributed by atoms with van der Waals surface area (Å²) in [6.45, 7) is 5.23. The molecule has 9 heteroatoms. The molecule has 0 aliphatic heterocycles. The van der Waals surface area contributed by atoms with E-state index in [-0.39, 0.29) is 18.7 Å². The van der Waals surface area contributed by atoms with Crippen LogP contribution in [0.25, 0.3) is 11.3 Å². The first-order valence-electron chi connectivity index (χ1n) is 11.6. The number of rotatable bonds is 7. The number of pyridine rings is 1. The minimum Gasteiger partial charge on any atom is -0.465 e. The molecular formula is C28H29N3O6. The first-order valence-corrected chi connectivity index (χ1v) is 11.6. The third-order valence-electron chi connectivity index (χ3n) is 4.91. The van der Waals surface area contributed by atoms with Gasteiger partial charge >= 0.3 is 18.2 Å². The van der Waals surface area contributed by atoms with Crippen molar-refractivity contribution in [2.75, 3.05) is 12.4 Å². The molecule has 2 amide bonds. The van der Waals surface area contributed by atoms with E-state index in [0.717, 1.165) is 11.1 Å². The number of anilines is 1. The van der Waals surface area contributed by atoms with Gasteiger partial charge in [-0.25, -0.2) is 14.4 Å². The molecule has 37 heavy (non-hydrogen) atoms. The van der Waals surface area contributed by atoms with Crippen LogP contribution in [0.2, 0.25) is 0 Å². The van der Waals surface area contributed by atoms with Crippen LogP contribution in [0.1, 0.15) is 31.9 Å². The Labute approximate surface area is 215 Å². The van der Waals surface area contributed by atoms with E-state index in [2.05, 4.69) is 15.3 Å². The number of hydrogen-bond donors (Lipinski definition) is 1. The number of aliphatic imine (C=N–C) groups is 1. The van der Waals surface area contributed by atoms with Gasteiger partial charge in [0.1, 0.15) is 17.9 Å². The summed E-state index contributed by atoms with van der Waals surface area (Å²) < 4.78 is 15.4. The molecule has 0 aliphatic carbocycles. The summed E-state index contributed by atoms with van der Waals surface area (Å²) in [5, 5.41) is 2.66. The van der Waals surface area contributed by atoms with Gasteiger partial charge in [-0.1, -0.05) is 60.7 Å². The number of carbonyl (C=O) groups is 3. The summed E-state index contributed by atoms with van der Waals surface area (Å²) in [6, 6.07) is 20.2. The Bertz CT molecular complexity index is 1270. The third kappa shape index (κ3) is 8.57. The molecular weight excluding hydrogens is 474 g/mol. The number of methoxy groups -OCH3 is 1. The second-order valence-electron chi connectivity index (χ2n) is 8.99. The van der Waals surface area contributed by atoms with E-state index >= 15 is 0 Å². The summed E-state index contributed by atoms with van der Waals surface area (Å²) in [7, 11) is 1.19. The van der Waals surface area contributed by atoms with E-state index in [1.165, 1.54) is 13.3 Å². The maximum absolute atomic E-state index is 12.5. The fraction of sp³-hybridized carbons (Fsp3) is 0.250.